The van der Waals surface area contributed by atoms with Crippen LogP contribution in [0.25, 0.3) is 0 Å². The Labute approximate surface area is 97.2 Å². The molecule has 2 unspecified atom stereocenters. The largest absolute Gasteiger partial charge is 0.378 e. The molecule has 94 valence electrons. The third-order valence-corrected chi connectivity index (χ3v) is 5.32. The van der Waals surface area contributed by atoms with Crippen molar-refractivity contribution in [3.05, 3.63) is 0 Å². The maximum absolute atomic E-state index is 12.2. The lowest BCUT2D eigenvalue weighted by atomic mass is 10.3. The Kier molecular flexibility index (Phi) is 3.84. The topological polar surface area (TPSA) is 58.6 Å². The Morgan fingerprint density at radius 2 is 2.31 bits per heavy atom. The van der Waals surface area contributed by atoms with Crippen molar-refractivity contribution >= 4 is 10.0 Å². The molecule has 2 fully saturated rings. The van der Waals surface area contributed by atoms with Gasteiger partial charge in [-0.25, -0.2) is 8.42 Å². The summed E-state index contributed by atoms with van der Waals surface area (Å²) >= 11 is 0. The summed E-state index contributed by atoms with van der Waals surface area (Å²) in [7, 11) is -3.13. The van der Waals surface area contributed by atoms with E-state index in [4.69, 9.17) is 4.74 Å². The van der Waals surface area contributed by atoms with Gasteiger partial charge in [-0.3, -0.25) is 0 Å². The van der Waals surface area contributed by atoms with Gasteiger partial charge in [-0.1, -0.05) is 0 Å². The van der Waals surface area contributed by atoms with E-state index >= 15 is 0 Å². The fourth-order valence-electron chi connectivity index (χ4n) is 2.37. The Balaban J connectivity index is 1.99. The van der Waals surface area contributed by atoms with Gasteiger partial charge in [0.05, 0.1) is 19.0 Å². The van der Waals surface area contributed by atoms with E-state index < -0.39 is 10.0 Å². The predicted octanol–water partition coefficient (Wildman–Crippen LogP) is -0.211. The van der Waals surface area contributed by atoms with Gasteiger partial charge in [0.25, 0.3) is 0 Å². The highest BCUT2D eigenvalue weighted by atomic mass is 32.2. The van der Waals surface area contributed by atoms with Crippen LogP contribution in [0.15, 0.2) is 0 Å². The van der Waals surface area contributed by atoms with Crippen molar-refractivity contribution in [2.75, 3.05) is 32.1 Å². The summed E-state index contributed by atoms with van der Waals surface area (Å²) in [6, 6.07) is 0.111. The number of nitrogens with one attached hydrogen (secondary N) is 1. The fraction of sp³-hybridized carbons (Fsp3) is 1.00. The van der Waals surface area contributed by atoms with E-state index in [0.29, 0.717) is 19.8 Å². The molecule has 16 heavy (non-hydrogen) atoms. The zero-order valence-corrected chi connectivity index (χ0v) is 10.5. The molecule has 2 atom stereocenters. The number of nitrogens with zero attached hydrogens (tertiary/aromatic N) is 1. The summed E-state index contributed by atoms with van der Waals surface area (Å²) in [6.45, 7) is 4.37. The van der Waals surface area contributed by atoms with Gasteiger partial charge in [-0.2, -0.15) is 4.31 Å². The molecular formula is C10H20N2O3S. The molecule has 0 aromatic rings. The van der Waals surface area contributed by atoms with Crippen LogP contribution in [-0.2, 0) is 14.8 Å². The number of hydrogen-bond donors (Lipinski definition) is 1. The van der Waals surface area contributed by atoms with Crippen LogP contribution in [0.3, 0.4) is 0 Å². The van der Waals surface area contributed by atoms with Crippen LogP contribution < -0.4 is 5.32 Å². The van der Waals surface area contributed by atoms with Gasteiger partial charge in [0.2, 0.25) is 10.0 Å². The molecule has 0 aromatic heterocycles. The second-order valence-electron chi connectivity index (χ2n) is 4.61. The second kappa shape index (κ2) is 5.00. The molecule has 2 saturated heterocycles. The average Bonchev–Trinajstić information content (AvgIpc) is 2.70. The van der Waals surface area contributed by atoms with Crippen LogP contribution in [-0.4, -0.2) is 56.9 Å². The molecule has 2 heterocycles. The van der Waals surface area contributed by atoms with Crippen LogP contribution in [0.4, 0.5) is 0 Å². The molecule has 0 bridgehead atoms. The lowest BCUT2D eigenvalue weighted by molar-refractivity contribution is 0.0392. The van der Waals surface area contributed by atoms with Gasteiger partial charge in [-0.05, 0) is 26.3 Å². The van der Waals surface area contributed by atoms with Crippen molar-refractivity contribution in [1.82, 2.24) is 9.62 Å². The SMILES string of the molecule is CC1COCCN1S(=O)(=O)CC1CCCN1. The summed E-state index contributed by atoms with van der Waals surface area (Å²) in [5, 5.41) is 3.23. The van der Waals surface area contributed by atoms with Gasteiger partial charge < -0.3 is 10.1 Å². The zero-order chi connectivity index (χ0) is 11.6. The highest BCUT2D eigenvalue weighted by Crippen LogP contribution is 2.16. The predicted molar refractivity (Wildman–Crippen MR) is 61.8 cm³/mol. The number of rotatable bonds is 3. The van der Waals surface area contributed by atoms with Crippen LogP contribution in [0.1, 0.15) is 19.8 Å². The quantitative estimate of drug-likeness (QED) is 0.751. The molecule has 1 N–H and O–H groups in total. The fourth-order valence-corrected chi connectivity index (χ4v) is 4.32. The lowest BCUT2D eigenvalue weighted by Gasteiger charge is -2.32. The van der Waals surface area contributed by atoms with E-state index in [9.17, 15) is 8.42 Å². The molecule has 0 aliphatic carbocycles. The zero-order valence-electron chi connectivity index (χ0n) is 9.68. The van der Waals surface area contributed by atoms with Crippen LogP contribution in [0.2, 0.25) is 0 Å². The molecule has 0 saturated carbocycles. The summed E-state index contributed by atoms with van der Waals surface area (Å²) in [5.41, 5.74) is 0. The van der Waals surface area contributed by atoms with Crippen molar-refractivity contribution in [1.29, 1.82) is 0 Å². The lowest BCUT2D eigenvalue weighted by Crippen LogP contribution is -2.49. The van der Waals surface area contributed by atoms with Gasteiger partial charge in [-0.15, -0.1) is 0 Å². The van der Waals surface area contributed by atoms with Gasteiger partial charge in [0, 0.05) is 18.6 Å². The highest BCUT2D eigenvalue weighted by molar-refractivity contribution is 7.89. The minimum atomic E-state index is -3.13. The van der Waals surface area contributed by atoms with E-state index in [2.05, 4.69) is 5.32 Å². The Morgan fingerprint density at radius 3 is 2.94 bits per heavy atom. The summed E-state index contributed by atoms with van der Waals surface area (Å²) in [6.07, 6.45) is 2.05. The molecule has 2 aliphatic rings. The third-order valence-electron chi connectivity index (χ3n) is 3.24. The molecular weight excluding hydrogens is 228 g/mol. The smallest absolute Gasteiger partial charge is 0.216 e. The Morgan fingerprint density at radius 1 is 1.50 bits per heavy atom. The highest BCUT2D eigenvalue weighted by Gasteiger charge is 2.32. The molecule has 2 rings (SSSR count). The molecule has 0 radical (unpaired) electrons. The number of ether oxygens (including phenoxy) is 1. The number of sulfonamides is 1. The van der Waals surface area contributed by atoms with Crippen molar-refractivity contribution < 1.29 is 13.2 Å². The van der Waals surface area contributed by atoms with Crippen LogP contribution in [0, 0.1) is 0 Å². The second-order valence-corrected chi connectivity index (χ2v) is 6.57. The van der Waals surface area contributed by atoms with E-state index in [0.717, 1.165) is 19.4 Å². The number of hydrogen-bond acceptors (Lipinski definition) is 4. The van der Waals surface area contributed by atoms with Gasteiger partial charge in [0.15, 0.2) is 0 Å². The first-order valence-electron chi connectivity index (χ1n) is 5.90. The first-order chi connectivity index (χ1) is 7.59. The van der Waals surface area contributed by atoms with Crippen molar-refractivity contribution in [3.63, 3.8) is 0 Å². The summed E-state index contributed by atoms with van der Waals surface area (Å²) in [4.78, 5) is 0. The minimum absolute atomic E-state index is 0.0276. The van der Waals surface area contributed by atoms with Crippen LogP contribution >= 0.6 is 0 Å². The molecule has 0 amide bonds. The van der Waals surface area contributed by atoms with E-state index in [1.54, 1.807) is 4.31 Å². The maximum Gasteiger partial charge on any atom is 0.216 e. The van der Waals surface area contributed by atoms with E-state index in [1.165, 1.54) is 0 Å². The summed E-state index contributed by atoms with van der Waals surface area (Å²) in [5.74, 6) is 0.233. The molecule has 5 nitrogen and oxygen atoms in total. The van der Waals surface area contributed by atoms with Gasteiger partial charge in [0.1, 0.15) is 0 Å². The summed E-state index contributed by atoms with van der Waals surface area (Å²) < 4.78 is 31.2. The van der Waals surface area contributed by atoms with Crippen molar-refractivity contribution in [2.45, 2.75) is 31.8 Å². The first-order valence-corrected chi connectivity index (χ1v) is 7.51. The molecule has 2 aliphatic heterocycles. The van der Waals surface area contributed by atoms with E-state index in [-0.39, 0.29) is 17.8 Å². The van der Waals surface area contributed by atoms with Crippen molar-refractivity contribution in [3.8, 4) is 0 Å². The molecule has 6 heteroatoms. The Hall–Kier alpha value is -0.170. The number of morpholine rings is 1. The average molecular weight is 248 g/mol. The Bertz CT molecular complexity index is 325. The van der Waals surface area contributed by atoms with Gasteiger partial charge >= 0.3 is 0 Å². The standard InChI is InChI=1S/C10H20N2O3S/c1-9-7-15-6-5-12(9)16(13,14)8-10-3-2-4-11-10/h9-11H,2-8H2,1H3. The maximum atomic E-state index is 12.2. The van der Waals surface area contributed by atoms with Crippen molar-refractivity contribution in [2.24, 2.45) is 0 Å². The van der Waals surface area contributed by atoms with Crippen LogP contribution in [0.5, 0.6) is 0 Å². The first kappa shape index (κ1) is 12.3. The monoisotopic (exact) mass is 248 g/mol. The third kappa shape index (κ3) is 2.74. The minimum Gasteiger partial charge on any atom is -0.378 e. The molecule has 0 aromatic carbocycles. The molecule has 0 spiro atoms. The van der Waals surface area contributed by atoms with E-state index in [1.807, 2.05) is 6.92 Å². The normalized spacial score (nSPS) is 33.1.